The maximum atomic E-state index is 6.08. The number of nitrogens with one attached hydrogen (secondary N) is 1. The predicted molar refractivity (Wildman–Crippen MR) is 61.5 cm³/mol. The topological polar surface area (TPSA) is 28.7 Å². The minimum Gasteiger partial charge on any atom is -0.281 e. The summed E-state index contributed by atoms with van der Waals surface area (Å²) in [7, 11) is 0. The minimum absolute atomic E-state index is 0.687. The summed E-state index contributed by atoms with van der Waals surface area (Å²) in [6.07, 6.45) is 0. The van der Waals surface area contributed by atoms with Crippen LogP contribution in [0.15, 0.2) is 28.7 Å². The molecule has 1 aromatic carbocycles. The molecule has 2 nitrogen and oxygen atoms in total. The molecule has 72 valence electrons. The Morgan fingerprint density at radius 3 is 2.43 bits per heavy atom. The number of hydrogen-bond acceptors (Lipinski definition) is 1. The van der Waals surface area contributed by atoms with Crippen LogP contribution in [0.5, 0.6) is 0 Å². The number of hydrogen-bond donors (Lipinski definition) is 1. The van der Waals surface area contributed by atoms with Gasteiger partial charge in [-0.25, -0.2) is 0 Å². The van der Waals surface area contributed by atoms with Crippen LogP contribution in [-0.2, 0) is 0 Å². The predicted octanol–water partition coefficient (Wildman–Crippen LogP) is 3.80. The van der Waals surface area contributed by atoms with Gasteiger partial charge in [-0.15, -0.1) is 0 Å². The zero-order valence-corrected chi connectivity index (χ0v) is 9.85. The molecule has 0 aliphatic carbocycles. The van der Waals surface area contributed by atoms with Crippen LogP contribution in [0.2, 0.25) is 5.02 Å². The fourth-order valence-electron chi connectivity index (χ4n) is 1.21. The molecule has 1 N–H and O–H groups in total. The highest BCUT2D eigenvalue weighted by molar-refractivity contribution is 9.10. The molecule has 0 saturated carbocycles. The highest BCUT2D eigenvalue weighted by Crippen LogP contribution is 2.28. The van der Waals surface area contributed by atoms with Crippen molar-refractivity contribution in [3.05, 3.63) is 39.5 Å². The van der Waals surface area contributed by atoms with Gasteiger partial charge in [0.1, 0.15) is 5.69 Å². The van der Waals surface area contributed by atoms with Gasteiger partial charge in [-0.2, -0.15) is 5.10 Å². The quantitative estimate of drug-likeness (QED) is 0.839. The van der Waals surface area contributed by atoms with E-state index in [0.717, 1.165) is 21.4 Å². The number of aromatic nitrogens is 2. The molecular weight excluding hydrogens is 263 g/mol. The Balaban J connectivity index is 2.49. The first-order valence-electron chi connectivity index (χ1n) is 4.15. The van der Waals surface area contributed by atoms with Crippen molar-refractivity contribution >= 4 is 27.5 Å². The van der Waals surface area contributed by atoms with E-state index in [0.29, 0.717) is 5.02 Å². The molecule has 4 heteroatoms. The number of nitrogens with zero attached hydrogens (tertiary/aromatic N) is 1. The van der Waals surface area contributed by atoms with Crippen LogP contribution in [0, 0.1) is 6.92 Å². The average Bonchev–Trinajstić information content (AvgIpc) is 2.50. The molecule has 0 fully saturated rings. The summed E-state index contributed by atoms with van der Waals surface area (Å²) < 4.78 is 1.05. The molecule has 2 rings (SSSR count). The van der Waals surface area contributed by atoms with E-state index < -0.39 is 0 Å². The van der Waals surface area contributed by atoms with E-state index >= 15 is 0 Å². The van der Waals surface area contributed by atoms with E-state index in [1.165, 1.54) is 0 Å². The number of aromatic amines is 1. The van der Waals surface area contributed by atoms with Gasteiger partial charge in [-0.1, -0.05) is 39.7 Å². The van der Waals surface area contributed by atoms with E-state index in [-0.39, 0.29) is 0 Å². The van der Waals surface area contributed by atoms with Crippen molar-refractivity contribution in [1.29, 1.82) is 0 Å². The lowest BCUT2D eigenvalue weighted by molar-refractivity contribution is 1.05. The summed E-state index contributed by atoms with van der Waals surface area (Å²) in [5, 5.41) is 7.69. The van der Waals surface area contributed by atoms with Gasteiger partial charge in [0.25, 0.3) is 0 Å². The van der Waals surface area contributed by atoms with Crippen molar-refractivity contribution in [3.63, 3.8) is 0 Å². The summed E-state index contributed by atoms with van der Waals surface area (Å²) in [6.45, 7) is 1.90. The summed E-state index contributed by atoms with van der Waals surface area (Å²) in [6, 6.07) is 7.89. The number of rotatable bonds is 1. The second kappa shape index (κ2) is 3.75. The van der Waals surface area contributed by atoms with Crippen molar-refractivity contribution in [2.24, 2.45) is 0 Å². The molecule has 0 unspecified atom stereocenters. The maximum absolute atomic E-state index is 6.08. The van der Waals surface area contributed by atoms with Gasteiger partial charge in [0.2, 0.25) is 0 Å². The Kier molecular flexibility index (Phi) is 2.61. The first kappa shape index (κ1) is 9.74. The largest absolute Gasteiger partial charge is 0.281 e. The molecule has 1 heterocycles. The standard InChI is InChI=1S/C10H8BrClN2/c1-6-9(12)10(14-13-6)7-2-4-8(11)5-3-7/h2-5H,1H3,(H,13,14). The van der Waals surface area contributed by atoms with Crippen molar-refractivity contribution in [3.8, 4) is 11.3 Å². The van der Waals surface area contributed by atoms with Gasteiger partial charge < -0.3 is 0 Å². The molecule has 0 saturated heterocycles. The lowest BCUT2D eigenvalue weighted by Gasteiger charge is -1.97. The average molecular weight is 272 g/mol. The molecule has 0 bridgehead atoms. The molecule has 0 atom stereocenters. The monoisotopic (exact) mass is 270 g/mol. The fraction of sp³-hybridized carbons (Fsp3) is 0.100. The van der Waals surface area contributed by atoms with Gasteiger partial charge in [-0.05, 0) is 19.1 Å². The van der Waals surface area contributed by atoms with Crippen molar-refractivity contribution < 1.29 is 0 Å². The Morgan fingerprint density at radius 2 is 1.93 bits per heavy atom. The Hall–Kier alpha value is -0.800. The lowest BCUT2D eigenvalue weighted by Crippen LogP contribution is -1.77. The fourth-order valence-corrected chi connectivity index (χ4v) is 1.67. The normalized spacial score (nSPS) is 10.5. The third-order valence-electron chi connectivity index (χ3n) is 1.99. The Morgan fingerprint density at radius 1 is 1.29 bits per heavy atom. The Labute approximate surface area is 95.4 Å². The Bertz CT molecular complexity index is 448. The van der Waals surface area contributed by atoms with Gasteiger partial charge >= 0.3 is 0 Å². The third-order valence-corrected chi connectivity index (χ3v) is 2.98. The molecule has 14 heavy (non-hydrogen) atoms. The third kappa shape index (κ3) is 1.70. The smallest absolute Gasteiger partial charge is 0.111 e. The second-order valence-corrected chi connectivity index (χ2v) is 4.31. The number of aryl methyl sites for hydroxylation is 1. The first-order chi connectivity index (χ1) is 6.68. The molecule has 0 spiro atoms. The van der Waals surface area contributed by atoms with Crippen LogP contribution in [0.1, 0.15) is 5.69 Å². The summed E-state index contributed by atoms with van der Waals surface area (Å²) in [5.74, 6) is 0. The zero-order chi connectivity index (χ0) is 10.1. The second-order valence-electron chi connectivity index (χ2n) is 3.02. The number of halogens is 2. The molecule has 0 aliphatic heterocycles. The van der Waals surface area contributed by atoms with Crippen LogP contribution in [-0.4, -0.2) is 10.2 Å². The van der Waals surface area contributed by atoms with Crippen LogP contribution in [0.25, 0.3) is 11.3 Å². The minimum atomic E-state index is 0.687. The van der Waals surface area contributed by atoms with Crippen LogP contribution < -0.4 is 0 Å². The van der Waals surface area contributed by atoms with Gasteiger partial charge in [0.15, 0.2) is 0 Å². The van der Waals surface area contributed by atoms with Crippen LogP contribution >= 0.6 is 27.5 Å². The van der Waals surface area contributed by atoms with E-state index in [1.807, 2.05) is 31.2 Å². The van der Waals surface area contributed by atoms with Crippen LogP contribution in [0.3, 0.4) is 0 Å². The SMILES string of the molecule is Cc1[nH]nc(-c2ccc(Br)cc2)c1Cl. The highest BCUT2D eigenvalue weighted by atomic mass is 79.9. The molecule has 0 aliphatic rings. The molecule has 2 aromatic rings. The summed E-state index contributed by atoms with van der Waals surface area (Å²) >= 11 is 9.46. The van der Waals surface area contributed by atoms with Crippen molar-refractivity contribution in [1.82, 2.24) is 10.2 Å². The van der Waals surface area contributed by atoms with E-state index in [4.69, 9.17) is 11.6 Å². The van der Waals surface area contributed by atoms with Gasteiger partial charge in [0.05, 0.1) is 10.7 Å². The number of benzene rings is 1. The van der Waals surface area contributed by atoms with Gasteiger partial charge in [-0.3, -0.25) is 5.10 Å². The molecule has 1 aromatic heterocycles. The molecule has 0 amide bonds. The zero-order valence-electron chi connectivity index (χ0n) is 7.51. The van der Waals surface area contributed by atoms with Crippen LogP contribution in [0.4, 0.5) is 0 Å². The molecule has 0 radical (unpaired) electrons. The first-order valence-corrected chi connectivity index (χ1v) is 5.32. The lowest BCUT2D eigenvalue weighted by atomic mass is 10.1. The van der Waals surface area contributed by atoms with Gasteiger partial charge in [0, 0.05) is 10.0 Å². The maximum Gasteiger partial charge on any atom is 0.111 e. The van der Waals surface area contributed by atoms with Crippen molar-refractivity contribution in [2.75, 3.05) is 0 Å². The summed E-state index contributed by atoms with van der Waals surface area (Å²) in [4.78, 5) is 0. The van der Waals surface area contributed by atoms with E-state index in [9.17, 15) is 0 Å². The summed E-state index contributed by atoms with van der Waals surface area (Å²) in [5.41, 5.74) is 2.71. The van der Waals surface area contributed by atoms with Crippen molar-refractivity contribution in [2.45, 2.75) is 6.92 Å². The van der Waals surface area contributed by atoms with E-state index in [2.05, 4.69) is 26.1 Å². The van der Waals surface area contributed by atoms with E-state index in [1.54, 1.807) is 0 Å². The highest BCUT2D eigenvalue weighted by Gasteiger charge is 2.09. The molecular formula is C10H8BrClN2. The number of H-pyrrole nitrogens is 1.